The molecule has 1 heterocycles. The molecule has 0 saturated heterocycles. The highest BCUT2D eigenvalue weighted by atomic mass is 35.5. The van der Waals surface area contributed by atoms with Gasteiger partial charge in [-0.1, -0.05) is 25.4 Å². The molecule has 6 nitrogen and oxygen atoms in total. The smallest absolute Gasteiger partial charge is 0.165 e. The molecule has 0 amide bonds. The summed E-state index contributed by atoms with van der Waals surface area (Å²) in [6, 6.07) is 7.25. The number of nitrogen functional groups attached to an aromatic ring is 1. The number of hydrogen-bond acceptors (Lipinski definition) is 6. The molecule has 3 N–H and O–H groups in total. The molecule has 0 spiro atoms. The fraction of sp³-hybridized carbons (Fsp3) is 0.450. The van der Waals surface area contributed by atoms with Gasteiger partial charge < -0.3 is 15.7 Å². The van der Waals surface area contributed by atoms with Gasteiger partial charge in [-0.2, -0.15) is 5.26 Å². The van der Waals surface area contributed by atoms with Gasteiger partial charge in [0.25, 0.3) is 0 Å². The predicted octanol–water partition coefficient (Wildman–Crippen LogP) is 4.18. The van der Waals surface area contributed by atoms with E-state index in [1.807, 2.05) is 6.92 Å². The van der Waals surface area contributed by atoms with Crippen molar-refractivity contribution in [1.82, 2.24) is 14.9 Å². The lowest BCUT2D eigenvalue weighted by Crippen LogP contribution is -2.27. The molecule has 0 aliphatic rings. The maximum absolute atomic E-state index is 10.2. The van der Waals surface area contributed by atoms with E-state index in [-0.39, 0.29) is 23.3 Å². The Morgan fingerprint density at radius 1 is 1.30 bits per heavy atom. The second kappa shape index (κ2) is 9.03. The van der Waals surface area contributed by atoms with Crippen LogP contribution in [0, 0.1) is 11.3 Å². The van der Waals surface area contributed by atoms with Crippen LogP contribution in [0.4, 0.5) is 5.82 Å². The van der Waals surface area contributed by atoms with Gasteiger partial charge in [0.1, 0.15) is 23.2 Å². The van der Waals surface area contributed by atoms with Crippen molar-refractivity contribution in [3.05, 3.63) is 34.5 Å². The highest BCUT2D eigenvalue weighted by Gasteiger charge is 2.21. The molecule has 0 fully saturated rings. The number of rotatable bonds is 7. The molecule has 7 heteroatoms. The summed E-state index contributed by atoms with van der Waals surface area (Å²) in [5.41, 5.74) is 7.33. The lowest BCUT2D eigenvalue weighted by atomic mass is 9.94. The zero-order chi connectivity index (χ0) is 20.1. The average molecular weight is 388 g/mol. The number of benzene rings is 1. The van der Waals surface area contributed by atoms with E-state index in [1.165, 1.54) is 6.07 Å². The molecule has 0 aliphatic heterocycles. The van der Waals surface area contributed by atoms with Crippen molar-refractivity contribution < 1.29 is 5.11 Å². The van der Waals surface area contributed by atoms with E-state index in [1.54, 1.807) is 12.1 Å². The number of halogens is 1. The zero-order valence-corrected chi connectivity index (χ0v) is 17.0. The number of nitrogens with two attached hydrogens (primary N) is 1. The molecule has 1 aromatic carbocycles. The average Bonchev–Trinajstić information content (AvgIpc) is 2.63. The molecule has 0 saturated carbocycles. The fourth-order valence-corrected chi connectivity index (χ4v) is 3.35. The Bertz CT molecular complexity index is 847. The summed E-state index contributed by atoms with van der Waals surface area (Å²) in [6.45, 7) is 4.20. The fourth-order valence-electron chi connectivity index (χ4n) is 3.18. The maximum atomic E-state index is 10.2. The molecule has 2 aromatic rings. The maximum Gasteiger partial charge on any atom is 0.165 e. The standard InChI is InChI=1S/C20H26ClN5O/c1-5-14(26(3)4)8-6-12(2)18-16(11-22)19(23)25-20(24-18)15-10-13(21)7-9-17(15)27/h7,9-10,12,14,27H,5-6,8H2,1-4H3,(H2,23,24,25). The van der Waals surface area contributed by atoms with Crippen LogP contribution in [-0.2, 0) is 0 Å². The van der Waals surface area contributed by atoms with Gasteiger partial charge in [0.05, 0.1) is 11.3 Å². The molecule has 144 valence electrons. The van der Waals surface area contributed by atoms with Crippen LogP contribution < -0.4 is 5.73 Å². The van der Waals surface area contributed by atoms with E-state index >= 15 is 0 Å². The summed E-state index contributed by atoms with van der Waals surface area (Å²) < 4.78 is 0. The van der Waals surface area contributed by atoms with Gasteiger partial charge in [-0.15, -0.1) is 0 Å². The van der Waals surface area contributed by atoms with Crippen LogP contribution in [0.25, 0.3) is 11.4 Å². The first-order valence-electron chi connectivity index (χ1n) is 9.01. The molecule has 1 aromatic heterocycles. The van der Waals surface area contributed by atoms with E-state index in [9.17, 15) is 10.4 Å². The van der Waals surface area contributed by atoms with E-state index in [2.05, 4.69) is 42.0 Å². The number of phenols is 1. The Labute approximate surface area is 165 Å². The number of phenolic OH excluding ortho intramolecular Hbond substituents is 1. The first-order chi connectivity index (χ1) is 12.8. The molecule has 0 radical (unpaired) electrons. The summed E-state index contributed by atoms with van der Waals surface area (Å²) in [7, 11) is 4.14. The van der Waals surface area contributed by atoms with Crippen molar-refractivity contribution in [1.29, 1.82) is 5.26 Å². The van der Waals surface area contributed by atoms with Crippen LogP contribution >= 0.6 is 11.6 Å². The predicted molar refractivity (Wildman–Crippen MR) is 109 cm³/mol. The number of nitriles is 1. The van der Waals surface area contributed by atoms with E-state index in [4.69, 9.17) is 17.3 Å². The minimum atomic E-state index is 0.0146. The Kier molecular flexibility index (Phi) is 7.00. The van der Waals surface area contributed by atoms with E-state index in [0.717, 1.165) is 19.3 Å². The summed E-state index contributed by atoms with van der Waals surface area (Å²) in [6.07, 6.45) is 2.90. The topological polar surface area (TPSA) is 99.1 Å². The normalized spacial score (nSPS) is 13.4. The molecule has 2 unspecified atom stereocenters. The van der Waals surface area contributed by atoms with Crippen molar-refractivity contribution in [2.24, 2.45) is 0 Å². The van der Waals surface area contributed by atoms with Crippen molar-refractivity contribution in [2.75, 3.05) is 19.8 Å². The van der Waals surface area contributed by atoms with Gasteiger partial charge in [-0.3, -0.25) is 0 Å². The Morgan fingerprint density at radius 3 is 2.59 bits per heavy atom. The Balaban J connectivity index is 2.42. The van der Waals surface area contributed by atoms with Crippen molar-refractivity contribution in [2.45, 2.75) is 45.1 Å². The van der Waals surface area contributed by atoms with Crippen LogP contribution in [-0.4, -0.2) is 40.1 Å². The van der Waals surface area contributed by atoms with Gasteiger partial charge in [0, 0.05) is 17.0 Å². The van der Waals surface area contributed by atoms with Crippen LogP contribution in [0.2, 0.25) is 5.02 Å². The molecule has 2 atom stereocenters. The summed E-state index contributed by atoms with van der Waals surface area (Å²) in [5, 5.41) is 20.1. The number of nitrogens with zero attached hydrogens (tertiary/aromatic N) is 4. The summed E-state index contributed by atoms with van der Waals surface area (Å²) in [5.74, 6) is 0.427. The lowest BCUT2D eigenvalue weighted by molar-refractivity contribution is 0.262. The molecular weight excluding hydrogens is 362 g/mol. The minimum absolute atomic E-state index is 0.0146. The SMILES string of the molecule is CCC(CCC(C)c1nc(-c2cc(Cl)ccc2O)nc(N)c1C#N)N(C)C. The number of aromatic hydroxyl groups is 1. The number of anilines is 1. The first-order valence-corrected chi connectivity index (χ1v) is 9.39. The van der Waals surface area contributed by atoms with Gasteiger partial charge in [-0.05, 0) is 51.6 Å². The number of hydrogen-bond donors (Lipinski definition) is 2. The highest BCUT2D eigenvalue weighted by Crippen LogP contribution is 2.33. The largest absolute Gasteiger partial charge is 0.507 e. The van der Waals surface area contributed by atoms with Crippen molar-refractivity contribution in [3.8, 4) is 23.2 Å². The molecular formula is C20H26ClN5O. The van der Waals surface area contributed by atoms with Crippen LogP contribution in [0.5, 0.6) is 5.75 Å². The Hall–Kier alpha value is -2.36. The third-order valence-corrected chi connectivity index (χ3v) is 5.11. The molecule has 0 bridgehead atoms. The van der Waals surface area contributed by atoms with Gasteiger partial charge >= 0.3 is 0 Å². The van der Waals surface area contributed by atoms with Gasteiger partial charge in [0.15, 0.2) is 5.82 Å². The van der Waals surface area contributed by atoms with E-state index < -0.39 is 0 Å². The number of aromatic nitrogens is 2. The van der Waals surface area contributed by atoms with E-state index in [0.29, 0.717) is 27.9 Å². The van der Waals surface area contributed by atoms with Crippen LogP contribution in [0.1, 0.15) is 50.3 Å². The summed E-state index contributed by atoms with van der Waals surface area (Å²) >= 11 is 6.04. The van der Waals surface area contributed by atoms with Crippen molar-refractivity contribution in [3.63, 3.8) is 0 Å². The Morgan fingerprint density at radius 2 is 2.00 bits per heavy atom. The lowest BCUT2D eigenvalue weighted by Gasteiger charge is -2.24. The van der Waals surface area contributed by atoms with Gasteiger partial charge in [0.2, 0.25) is 0 Å². The van der Waals surface area contributed by atoms with Gasteiger partial charge in [-0.25, -0.2) is 9.97 Å². The van der Waals surface area contributed by atoms with Crippen LogP contribution in [0.3, 0.4) is 0 Å². The third kappa shape index (κ3) is 4.88. The molecule has 27 heavy (non-hydrogen) atoms. The third-order valence-electron chi connectivity index (χ3n) is 4.88. The minimum Gasteiger partial charge on any atom is -0.507 e. The van der Waals surface area contributed by atoms with Crippen molar-refractivity contribution >= 4 is 17.4 Å². The first kappa shape index (κ1) is 20.9. The highest BCUT2D eigenvalue weighted by molar-refractivity contribution is 6.30. The second-order valence-electron chi connectivity index (χ2n) is 6.97. The monoisotopic (exact) mass is 387 g/mol. The molecule has 2 rings (SSSR count). The molecule has 0 aliphatic carbocycles. The zero-order valence-electron chi connectivity index (χ0n) is 16.2. The summed E-state index contributed by atoms with van der Waals surface area (Å²) in [4.78, 5) is 11.0. The second-order valence-corrected chi connectivity index (χ2v) is 7.41. The quantitative estimate of drug-likeness (QED) is 0.739. The van der Waals surface area contributed by atoms with Crippen LogP contribution in [0.15, 0.2) is 18.2 Å².